The molecule has 0 aliphatic carbocycles. The summed E-state index contributed by atoms with van der Waals surface area (Å²) in [5.74, 6) is -2.42. The molecule has 0 unspecified atom stereocenters. The second-order valence-electron chi connectivity index (χ2n) is 6.51. The van der Waals surface area contributed by atoms with Crippen LogP contribution in [0.1, 0.15) is 29.7 Å². The molecule has 3 rings (SSSR count). The summed E-state index contributed by atoms with van der Waals surface area (Å²) >= 11 is 5.26. The van der Waals surface area contributed by atoms with Crippen molar-refractivity contribution in [1.82, 2.24) is 10.6 Å². The number of halogens is 2. The second-order valence-corrected chi connectivity index (χ2v) is 6.92. The number of hydrogen-bond acceptors (Lipinski definition) is 2. The lowest BCUT2D eigenvalue weighted by Gasteiger charge is -2.31. The van der Waals surface area contributed by atoms with Gasteiger partial charge in [-0.25, -0.2) is 8.78 Å². The highest BCUT2D eigenvalue weighted by Crippen LogP contribution is 2.30. The Hall–Kier alpha value is -2.80. The molecule has 0 radical (unpaired) electrons. The molecule has 2 aromatic rings. The summed E-state index contributed by atoms with van der Waals surface area (Å²) in [5.41, 5.74) is 4.20. The molecule has 1 aliphatic heterocycles. The van der Waals surface area contributed by atoms with Gasteiger partial charge >= 0.3 is 0 Å². The smallest absolute Gasteiger partial charge is 0.255 e. The maximum Gasteiger partial charge on any atom is 0.255 e. The molecule has 0 spiro atoms. The third kappa shape index (κ3) is 3.98. The van der Waals surface area contributed by atoms with Crippen LogP contribution in [0.2, 0.25) is 0 Å². The summed E-state index contributed by atoms with van der Waals surface area (Å²) in [7, 11) is 0. The third-order valence-corrected chi connectivity index (χ3v) is 4.66. The van der Waals surface area contributed by atoms with Crippen LogP contribution >= 0.6 is 12.2 Å². The van der Waals surface area contributed by atoms with E-state index in [1.54, 1.807) is 6.92 Å². The lowest BCUT2D eigenvalue weighted by atomic mass is 9.91. The first-order valence-corrected chi connectivity index (χ1v) is 8.79. The lowest BCUT2D eigenvalue weighted by molar-refractivity contribution is -0.113. The topological polar surface area (TPSA) is 53.2 Å². The Balaban J connectivity index is 1.99. The largest absolute Gasteiger partial charge is 0.351 e. The molecule has 1 atom stereocenters. The van der Waals surface area contributed by atoms with Crippen molar-refractivity contribution in [1.29, 1.82) is 0 Å². The van der Waals surface area contributed by atoms with Crippen molar-refractivity contribution in [2.75, 3.05) is 5.32 Å². The van der Waals surface area contributed by atoms with Crippen molar-refractivity contribution in [3.8, 4) is 0 Å². The maximum absolute atomic E-state index is 13.5. The number of carbonyl (C=O) groups is 1. The Bertz CT molecular complexity index is 972. The Morgan fingerprint density at radius 1 is 1.07 bits per heavy atom. The molecular weight excluding hydrogens is 368 g/mol. The summed E-state index contributed by atoms with van der Waals surface area (Å²) in [4.78, 5) is 13.0. The van der Waals surface area contributed by atoms with Crippen molar-refractivity contribution in [2.45, 2.75) is 26.8 Å². The van der Waals surface area contributed by atoms with E-state index in [-0.39, 0.29) is 5.69 Å². The summed E-state index contributed by atoms with van der Waals surface area (Å²) in [6.45, 7) is 5.69. The van der Waals surface area contributed by atoms with Gasteiger partial charge in [-0.15, -0.1) is 0 Å². The van der Waals surface area contributed by atoms with Crippen LogP contribution in [0.15, 0.2) is 47.7 Å². The van der Waals surface area contributed by atoms with Crippen LogP contribution < -0.4 is 16.0 Å². The zero-order chi connectivity index (χ0) is 19.7. The van der Waals surface area contributed by atoms with Gasteiger partial charge in [0, 0.05) is 17.5 Å². The number of carbonyl (C=O) groups excluding carboxylic acids is 1. The third-order valence-electron chi connectivity index (χ3n) is 4.44. The molecule has 2 aromatic carbocycles. The highest BCUT2D eigenvalue weighted by molar-refractivity contribution is 7.80. The van der Waals surface area contributed by atoms with E-state index < -0.39 is 23.6 Å². The number of rotatable bonds is 3. The predicted octanol–water partition coefficient (Wildman–Crippen LogP) is 4.01. The molecule has 7 heteroatoms. The zero-order valence-corrected chi connectivity index (χ0v) is 15.9. The van der Waals surface area contributed by atoms with E-state index in [0.717, 1.165) is 28.8 Å². The highest BCUT2D eigenvalue weighted by atomic mass is 32.1. The van der Waals surface area contributed by atoms with Crippen LogP contribution in [0.3, 0.4) is 0 Å². The van der Waals surface area contributed by atoms with Crippen LogP contribution in [0.5, 0.6) is 0 Å². The van der Waals surface area contributed by atoms with Gasteiger partial charge in [0.2, 0.25) is 0 Å². The van der Waals surface area contributed by atoms with Gasteiger partial charge in [-0.2, -0.15) is 0 Å². The number of nitrogens with one attached hydrogen (secondary N) is 3. The second kappa shape index (κ2) is 7.44. The number of benzene rings is 2. The zero-order valence-electron chi connectivity index (χ0n) is 15.1. The van der Waals surface area contributed by atoms with Gasteiger partial charge in [0.25, 0.3) is 5.91 Å². The summed E-state index contributed by atoms with van der Waals surface area (Å²) in [6.07, 6.45) is 0. The Morgan fingerprint density at radius 2 is 1.81 bits per heavy atom. The summed E-state index contributed by atoms with van der Waals surface area (Å²) in [5, 5.41) is 9.14. The Morgan fingerprint density at radius 3 is 2.52 bits per heavy atom. The standard InChI is InChI=1S/C20H19F2N3OS/c1-10-4-5-11(2)14(8-10)18-17(12(3)23-20(27)25-18)19(26)24-13-6-7-15(21)16(22)9-13/h4-9,18H,1-3H3,(H,24,26)(H2,23,25,27)/t18-/m0/s1. The van der Waals surface area contributed by atoms with Crippen LogP contribution in [-0.2, 0) is 4.79 Å². The SMILES string of the molecule is CC1=C(C(=O)Nc2ccc(F)c(F)c2)[C@H](c2cc(C)ccc2C)NC(=S)N1. The minimum atomic E-state index is -1.02. The first kappa shape index (κ1) is 19.0. The van der Waals surface area contributed by atoms with Gasteiger partial charge in [0.15, 0.2) is 16.7 Å². The van der Waals surface area contributed by atoms with Crippen molar-refractivity contribution in [3.63, 3.8) is 0 Å². The fourth-order valence-electron chi connectivity index (χ4n) is 3.07. The first-order valence-electron chi connectivity index (χ1n) is 8.38. The van der Waals surface area contributed by atoms with E-state index in [1.807, 2.05) is 32.0 Å². The normalized spacial score (nSPS) is 16.6. The number of amides is 1. The first-order chi connectivity index (χ1) is 12.8. The lowest BCUT2D eigenvalue weighted by Crippen LogP contribution is -2.46. The van der Waals surface area contributed by atoms with E-state index in [4.69, 9.17) is 12.2 Å². The van der Waals surface area contributed by atoms with Crippen molar-refractivity contribution in [2.24, 2.45) is 0 Å². The molecule has 0 fully saturated rings. The molecule has 140 valence electrons. The number of aryl methyl sites for hydroxylation is 2. The minimum absolute atomic E-state index is 0.173. The summed E-state index contributed by atoms with van der Waals surface area (Å²) in [6, 6.07) is 8.76. The number of anilines is 1. The van der Waals surface area contributed by atoms with Crippen molar-refractivity contribution in [3.05, 3.63) is 76.0 Å². The average molecular weight is 387 g/mol. The predicted molar refractivity (Wildman–Crippen MR) is 105 cm³/mol. The minimum Gasteiger partial charge on any atom is -0.351 e. The van der Waals surface area contributed by atoms with Crippen LogP contribution in [0.4, 0.5) is 14.5 Å². The number of hydrogen-bond donors (Lipinski definition) is 3. The molecule has 27 heavy (non-hydrogen) atoms. The molecule has 0 aromatic heterocycles. The van der Waals surface area contributed by atoms with Crippen LogP contribution in [-0.4, -0.2) is 11.0 Å². The van der Waals surface area contributed by atoms with E-state index in [9.17, 15) is 13.6 Å². The molecular formula is C20H19F2N3OS. The van der Waals surface area contributed by atoms with E-state index in [1.165, 1.54) is 6.07 Å². The molecule has 0 bridgehead atoms. The molecule has 1 aliphatic rings. The van der Waals surface area contributed by atoms with Crippen LogP contribution in [0.25, 0.3) is 0 Å². The molecule has 4 nitrogen and oxygen atoms in total. The Kier molecular flexibility index (Phi) is 5.23. The van der Waals surface area contributed by atoms with E-state index in [2.05, 4.69) is 16.0 Å². The van der Waals surface area contributed by atoms with Crippen molar-refractivity contribution < 1.29 is 13.6 Å². The molecule has 0 saturated heterocycles. The Labute approximate surface area is 161 Å². The maximum atomic E-state index is 13.5. The van der Waals surface area contributed by atoms with E-state index >= 15 is 0 Å². The van der Waals surface area contributed by atoms with Gasteiger partial charge in [-0.1, -0.05) is 23.8 Å². The number of allylic oxidation sites excluding steroid dienone is 1. The van der Waals surface area contributed by atoms with Gasteiger partial charge in [-0.3, -0.25) is 4.79 Å². The van der Waals surface area contributed by atoms with E-state index in [0.29, 0.717) is 16.4 Å². The van der Waals surface area contributed by atoms with Gasteiger partial charge in [0.05, 0.1) is 11.6 Å². The molecule has 3 N–H and O–H groups in total. The molecule has 1 heterocycles. The fourth-order valence-corrected chi connectivity index (χ4v) is 3.34. The molecule has 0 saturated carbocycles. The molecule has 1 amide bonds. The average Bonchev–Trinajstić information content (AvgIpc) is 2.59. The fraction of sp³-hybridized carbons (Fsp3) is 0.200. The van der Waals surface area contributed by atoms with Crippen LogP contribution in [0, 0.1) is 25.5 Å². The van der Waals surface area contributed by atoms with Gasteiger partial charge in [0.1, 0.15) is 0 Å². The van der Waals surface area contributed by atoms with Crippen molar-refractivity contribution >= 4 is 28.9 Å². The monoisotopic (exact) mass is 387 g/mol. The quantitative estimate of drug-likeness (QED) is 0.697. The summed E-state index contributed by atoms with van der Waals surface area (Å²) < 4.78 is 26.6. The van der Waals surface area contributed by atoms with Gasteiger partial charge in [-0.05, 0) is 56.2 Å². The number of thiocarbonyl (C=S) groups is 1. The van der Waals surface area contributed by atoms with Gasteiger partial charge < -0.3 is 16.0 Å². The highest BCUT2D eigenvalue weighted by Gasteiger charge is 2.31.